The molecule has 0 spiro atoms. The number of anilines is 2. The fourth-order valence-electron chi connectivity index (χ4n) is 11.8. The van der Waals surface area contributed by atoms with E-state index in [-0.39, 0.29) is 76.7 Å². The number of piperazine rings is 1. The van der Waals surface area contributed by atoms with Crippen LogP contribution >= 0.6 is 11.6 Å². The number of H-pyrrole nitrogens is 1. The molecule has 85 heavy (non-hydrogen) atoms. The first-order valence-corrected chi connectivity index (χ1v) is 30.0. The van der Waals surface area contributed by atoms with E-state index in [1.807, 2.05) is 18.2 Å². The molecular formula is C62H61ClN10O11S. The van der Waals surface area contributed by atoms with Crippen LogP contribution in [0.25, 0.3) is 16.6 Å². The highest BCUT2D eigenvalue weighted by atomic mass is 35.5. The van der Waals surface area contributed by atoms with Crippen LogP contribution in [0.5, 0.6) is 11.5 Å². The predicted octanol–water partition coefficient (Wildman–Crippen LogP) is 8.31. The van der Waals surface area contributed by atoms with Crippen molar-refractivity contribution in [3.8, 4) is 23.3 Å². The molecule has 6 amide bonds. The maximum atomic E-state index is 14.1. The smallest absolute Gasteiger partial charge is 0.293 e. The molecule has 21 nitrogen and oxygen atoms in total. The van der Waals surface area contributed by atoms with E-state index in [0.29, 0.717) is 55.4 Å². The first-order chi connectivity index (χ1) is 40.8. The van der Waals surface area contributed by atoms with E-state index < -0.39 is 61.1 Å². The van der Waals surface area contributed by atoms with Gasteiger partial charge in [0, 0.05) is 98.8 Å². The molecule has 1 atom stereocenters. The van der Waals surface area contributed by atoms with E-state index in [1.165, 1.54) is 47.2 Å². The number of aromatic nitrogens is 2. The molecule has 6 heterocycles. The van der Waals surface area contributed by atoms with Gasteiger partial charge in [-0.15, -0.1) is 0 Å². The average molecular weight is 1190 g/mol. The first-order valence-electron chi connectivity index (χ1n) is 28.2. The van der Waals surface area contributed by atoms with Gasteiger partial charge in [0.15, 0.2) is 0 Å². The van der Waals surface area contributed by atoms with Crippen molar-refractivity contribution in [3.63, 3.8) is 0 Å². The van der Waals surface area contributed by atoms with Crippen LogP contribution in [0, 0.1) is 33.3 Å². The van der Waals surface area contributed by atoms with Crippen LogP contribution in [-0.2, 0) is 24.4 Å². The Balaban J connectivity index is 0.714. The average Bonchev–Trinajstić information content (AvgIpc) is 1.94. The number of hydrogen-bond acceptors (Lipinski definition) is 15. The Morgan fingerprint density at radius 1 is 0.906 bits per heavy atom. The number of nitro benzene ring substituents is 1. The third-order valence-electron chi connectivity index (χ3n) is 16.5. The summed E-state index contributed by atoms with van der Waals surface area (Å²) in [6.07, 6.45) is 7.25. The summed E-state index contributed by atoms with van der Waals surface area (Å²) >= 11 is 6.26. The number of rotatable bonds is 15. The Morgan fingerprint density at radius 3 is 2.44 bits per heavy atom. The minimum atomic E-state index is -4.69. The molecule has 5 aliphatic rings. The van der Waals surface area contributed by atoms with Gasteiger partial charge in [0.1, 0.15) is 28.9 Å². The number of pyridine rings is 1. The van der Waals surface area contributed by atoms with Gasteiger partial charge in [0.2, 0.25) is 17.7 Å². The largest absolute Gasteiger partial charge is 0.455 e. The minimum Gasteiger partial charge on any atom is -0.455 e. The number of imide groups is 2. The molecule has 2 aromatic heterocycles. The van der Waals surface area contributed by atoms with Crippen LogP contribution in [0.4, 0.5) is 17.1 Å². The van der Waals surface area contributed by atoms with Crippen molar-refractivity contribution in [1.29, 1.82) is 0 Å². The molecule has 1 aliphatic carbocycles. The molecular weight excluding hydrogens is 1130 g/mol. The van der Waals surface area contributed by atoms with Crippen molar-refractivity contribution >= 4 is 90.7 Å². The molecule has 0 saturated carbocycles. The van der Waals surface area contributed by atoms with Gasteiger partial charge in [-0.25, -0.2) is 18.1 Å². The van der Waals surface area contributed by atoms with Gasteiger partial charge in [-0.05, 0) is 122 Å². The fraction of sp³-hybridized carbons (Fsp3) is 0.339. The van der Waals surface area contributed by atoms with Gasteiger partial charge in [-0.3, -0.25) is 54.0 Å². The molecule has 4 aliphatic heterocycles. The van der Waals surface area contributed by atoms with Gasteiger partial charge in [-0.2, -0.15) is 0 Å². The zero-order valence-electron chi connectivity index (χ0n) is 46.7. The second kappa shape index (κ2) is 24.0. The highest BCUT2D eigenvalue weighted by Crippen LogP contribution is 2.44. The number of nitrogens with zero attached hydrogens (tertiary/aromatic N) is 6. The number of amides is 6. The highest BCUT2D eigenvalue weighted by Gasteiger charge is 2.45. The summed E-state index contributed by atoms with van der Waals surface area (Å²) in [5.41, 5.74) is 5.40. The Morgan fingerprint density at radius 2 is 1.68 bits per heavy atom. The lowest BCUT2D eigenvalue weighted by molar-refractivity contribution is -0.384. The number of piperidine rings is 2. The van der Waals surface area contributed by atoms with Crippen LogP contribution in [-0.4, -0.2) is 132 Å². The summed E-state index contributed by atoms with van der Waals surface area (Å²) in [6, 6.07) is 23.5. The highest BCUT2D eigenvalue weighted by molar-refractivity contribution is 7.90. The Kier molecular flexibility index (Phi) is 16.3. The number of nitro groups is 1. The quantitative estimate of drug-likeness (QED) is 0.0326. The monoisotopic (exact) mass is 1190 g/mol. The van der Waals surface area contributed by atoms with E-state index in [2.05, 4.69) is 72.9 Å². The lowest BCUT2D eigenvalue weighted by atomic mass is 9.72. The summed E-state index contributed by atoms with van der Waals surface area (Å²) in [6.45, 7) is 9.43. The normalized spacial score (nSPS) is 18.4. The lowest BCUT2D eigenvalue weighted by Crippen LogP contribution is -2.54. The first kappa shape index (κ1) is 57.9. The Labute approximate surface area is 495 Å². The van der Waals surface area contributed by atoms with Crippen LogP contribution in [0.3, 0.4) is 0 Å². The van der Waals surface area contributed by atoms with E-state index >= 15 is 0 Å². The zero-order valence-corrected chi connectivity index (χ0v) is 48.3. The second-order valence-corrected chi connectivity index (χ2v) is 24.9. The number of sulfonamides is 1. The molecule has 4 aromatic carbocycles. The molecule has 11 rings (SSSR count). The number of ether oxygens (including phenoxy) is 1. The van der Waals surface area contributed by atoms with Crippen LogP contribution in [0.1, 0.15) is 107 Å². The van der Waals surface area contributed by atoms with Crippen molar-refractivity contribution in [2.75, 3.05) is 62.6 Å². The molecule has 0 bridgehead atoms. The van der Waals surface area contributed by atoms with Crippen LogP contribution in [0.15, 0.2) is 114 Å². The van der Waals surface area contributed by atoms with Crippen molar-refractivity contribution in [3.05, 3.63) is 152 Å². The number of halogens is 1. The molecule has 438 valence electrons. The number of carbonyl (C=O) groups excluding carboxylic acids is 6. The van der Waals surface area contributed by atoms with Gasteiger partial charge in [0.25, 0.3) is 33.4 Å². The summed E-state index contributed by atoms with van der Waals surface area (Å²) < 4.78 is 36.4. The number of fused-ring (bicyclic) bond motifs is 2. The topological polar surface area (TPSA) is 267 Å². The number of likely N-dealkylation sites (tertiary alicyclic amines) is 1. The molecule has 0 radical (unpaired) electrons. The molecule has 3 fully saturated rings. The minimum absolute atomic E-state index is 0.0103. The van der Waals surface area contributed by atoms with Crippen LogP contribution in [0.2, 0.25) is 5.02 Å². The number of benzene rings is 4. The number of allylic oxidation sites excluding steroid dienone is 1. The fourth-order valence-corrected chi connectivity index (χ4v) is 12.9. The van der Waals surface area contributed by atoms with Crippen molar-refractivity contribution in [2.45, 2.75) is 76.2 Å². The summed E-state index contributed by atoms with van der Waals surface area (Å²) in [5, 5.41) is 19.2. The Hall–Kier alpha value is -8.91. The zero-order chi connectivity index (χ0) is 59.7. The number of hydrogen-bond donors (Lipinski definition) is 4. The third-order valence-corrected chi connectivity index (χ3v) is 18.1. The predicted molar refractivity (Wildman–Crippen MR) is 317 cm³/mol. The van der Waals surface area contributed by atoms with Crippen molar-refractivity contribution in [1.82, 2.24) is 34.7 Å². The van der Waals surface area contributed by atoms with Gasteiger partial charge in [-0.1, -0.05) is 61.1 Å². The van der Waals surface area contributed by atoms with E-state index in [4.69, 9.17) is 16.3 Å². The maximum Gasteiger partial charge on any atom is 0.293 e. The van der Waals surface area contributed by atoms with Crippen LogP contribution < -0.4 is 25.0 Å². The van der Waals surface area contributed by atoms with E-state index in [0.717, 1.165) is 60.9 Å². The van der Waals surface area contributed by atoms with E-state index in [9.17, 15) is 47.3 Å². The number of aromatic amines is 1. The number of carbonyl (C=O) groups is 6. The third kappa shape index (κ3) is 12.6. The van der Waals surface area contributed by atoms with Gasteiger partial charge in [0.05, 0.1) is 39.1 Å². The molecule has 6 aromatic rings. The SMILES string of the molecule is CC1(C)CCC(CN2CCN(c3ccc(C(=O)NS(=O)(=O)c4ccc(NCC5CCN(C(=O)CC#Cc6cccc7c6C(=O)N(C6CCC(=O)NC6=O)C7=O)CC5)c([N+](=O)[O-])c4)c(Oc4cnc5[nH]ccc5c4)c3)CC2)=C(c2ccc(Cl)cc2)C1. The summed E-state index contributed by atoms with van der Waals surface area (Å²) in [5.74, 6) is 2.21. The van der Waals surface area contributed by atoms with Crippen molar-refractivity contribution in [2.24, 2.45) is 11.3 Å². The molecule has 23 heteroatoms. The van der Waals surface area contributed by atoms with E-state index in [1.54, 1.807) is 41.4 Å². The maximum absolute atomic E-state index is 14.1. The molecule has 3 saturated heterocycles. The van der Waals surface area contributed by atoms with Gasteiger partial charge < -0.3 is 24.8 Å². The molecule has 1 unspecified atom stereocenters. The molecule has 4 N–H and O–H groups in total. The second-order valence-electron chi connectivity index (χ2n) is 22.8. The van der Waals surface area contributed by atoms with Gasteiger partial charge >= 0.3 is 0 Å². The van der Waals surface area contributed by atoms with Crippen molar-refractivity contribution < 1.29 is 46.8 Å². The summed E-state index contributed by atoms with van der Waals surface area (Å²) in [7, 11) is -4.69. The summed E-state index contributed by atoms with van der Waals surface area (Å²) in [4.78, 5) is 104. The lowest BCUT2D eigenvalue weighted by Gasteiger charge is -2.39. The Bertz CT molecular complexity index is 3930. The number of nitrogens with one attached hydrogen (secondary N) is 4. The standard InChI is InChI=1S/C62H61ClN10O11S/c1-62(2)23-19-42(49(34-62)39-9-11-43(63)12-10-39)37-69-27-29-70(30-28-69)44-13-15-47(53(32-44)84-45-31-41-20-24-64-57(41)66-36-45)58(76)68-85(82,83)46-14-16-50(52(33-46)73(80)81)65-35-38-21-25-71(26-22-38)55(75)8-4-6-40-5-3-7-48-56(40)61(79)72(60(48)78)51-17-18-54(74)67-59(51)77/h3,5,7,9-16,20,24,31-33,36,38,51,65H,8,17-19,21-23,25-30,34-35,37H2,1-2H3,(H,64,66)(H,68,76)(H,67,74,77).